The lowest BCUT2D eigenvalue weighted by molar-refractivity contribution is 0.619. The average Bonchev–Trinajstić information content (AvgIpc) is 4.28. The van der Waals surface area contributed by atoms with Gasteiger partial charge in [0.25, 0.3) is 0 Å². The van der Waals surface area contributed by atoms with Crippen molar-refractivity contribution in [1.82, 2.24) is 19.9 Å². The van der Waals surface area contributed by atoms with Crippen LogP contribution in [0.4, 0.5) is 0 Å². The van der Waals surface area contributed by atoms with Crippen LogP contribution in [-0.2, 0) is 0 Å². The van der Waals surface area contributed by atoms with Crippen LogP contribution in [0.15, 0.2) is 276 Å². The molecule has 0 fully saturated rings. The smallest absolute Gasteiger partial charge is 0.227 e. The molecule has 0 aliphatic carbocycles. The number of fused-ring (bicyclic) bond motifs is 8. The number of benzene rings is 12. The monoisotopic (exact) mass is 996 g/mol. The van der Waals surface area contributed by atoms with E-state index in [1.165, 1.54) is 70.9 Å². The van der Waals surface area contributed by atoms with Crippen molar-refractivity contribution in [2.75, 3.05) is 0 Å². The van der Waals surface area contributed by atoms with Crippen LogP contribution in [0.25, 0.3) is 155 Å². The quantitative estimate of drug-likeness (QED) is 0.154. The van der Waals surface area contributed by atoms with Gasteiger partial charge in [0.2, 0.25) is 11.8 Å². The maximum Gasteiger partial charge on any atom is 0.227 e. The van der Waals surface area contributed by atoms with E-state index in [9.17, 15) is 0 Å². The fourth-order valence-electron chi connectivity index (χ4n) is 11.5. The molecule has 364 valence electrons. The lowest BCUT2D eigenvalue weighted by Crippen LogP contribution is -1.91. The van der Waals surface area contributed by atoms with Crippen molar-refractivity contribution in [3.63, 3.8) is 0 Å². The molecule has 6 heteroatoms. The Labute approximate surface area is 448 Å². The van der Waals surface area contributed by atoms with Gasteiger partial charge in [-0.1, -0.05) is 176 Å². The lowest BCUT2D eigenvalue weighted by Gasteiger charge is -2.18. The summed E-state index contributed by atoms with van der Waals surface area (Å²) in [5, 5.41) is 12.1. The summed E-state index contributed by atoms with van der Waals surface area (Å²) in [4.78, 5) is 18.7. The van der Waals surface area contributed by atoms with Crippen molar-refractivity contribution in [2.24, 2.45) is 0 Å². The van der Waals surface area contributed by atoms with Crippen molar-refractivity contribution in [1.29, 1.82) is 0 Å². The van der Waals surface area contributed by atoms with Crippen LogP contribution in [0.1, 0.15) is 0 Å². The fourth-order valence-corrected chi connectivity index (χ4v) is 11.5. The summed E-state index contributed by atoms with van der Waals surface area (Å²) in [7, 11) is 0. The summed E-state index contributed by atoms with van der Waals surface area (Å²) in [5.41, 5.74) is 16.8. The zero-order valence-corrected chi connectivity index (χ0v) is 42.0. The third-order valence-electron chi connectivity index (χ3n) is 15.1. The summed E-state index contributed by atoms with van der Waals surface area (Å²) < 4.78 is 12.0. The Balaban J connectivity index is 0.000000136. The highest BCUT2D eigenvalue weighted by atomic mass is 16.4. The van der Waals surface area contributed by atoms with Gasteiger partial charge in [0.15, 0.2) is 11.2 Å². The topological polar surface area (TPSA) is 77.8 Å². The summed E-state index contributed by atoms with van der Waals surface area (Å²) in [6.45, 7) is 0. The molecule has 4 aromatic heterocycles. The number of oxazole rings is 2. The molecule has 0 amide bonds. The normalized spacial score (nSPS) is 11.6. The van der Waals surface area contributed by atoms with Gasteiger partial charge in [0, 0.05) is 39.9 Å². The molecule has 0 bridgehead atoms. The molecule has 16 rings (SSSR count). The maximum atomic E-state index is 6.02. The molecule has 16 aromatic rings. The Bertz CT molecular complexity index is 4480. The highest BCUT2D eigenvalue weighted by Gasteiger charge is 2.20. The van der Waals surface area contributed by atoms with E-state index in [1.54, 1.807) is 0 Å². The van der Waals surface area contributed by atoms with Crippen LogP contribution in [0, 0.1) is 0 Å². The van der Waals surface area contributed by atoms with Crippen molar-refractivity contribution >= 4 is 87.1 Å². The van der Waals surface area contributed by atoms with Crippen LogP contribution in [-0.4, -0.2) is 19.9 Å². The molecule has 0 spiro atoms. The van der Waals surface area contributed by atoms with Gasteiger partial charge in [0.05, 0.1) is 11.0 Å². The van der Waals surface area contributed by atoms with Gasteiger partial charge < -0.3 is 8.83 Å². The van der Waals surface area contributed by atoms with E-state index < -0.39 is 0 Å². The van der Waals surface area contributed by atoms with Gasteiger partial charge in [-0.05, 0) is 161 Å². The molecule has 0 radical (unpaired) electrons. The van der Waals surface area contributed by atoms with E-state index >= 15 is 0 Å². The van der Waals surface area contributed by atoms with Crippen molar-refractivity contribution < 1.29 is 8.83 Å². The number of para-hydroxylation sites is 5. The number of hydrogen-bond donors (Lipinski definition) is 0. The maximum absolute atomic E-state index is 6.02. The van der Waals surface area contributed by atoms with Crippen LogP contribution < -0.4 is 0 Å². The Hall–Kier alpha value is -10.6. The van der Waals surface area contributed by atoms with Crippen LogP contribution >= 0.6 is 0 Å². The minimum atomic E-state index is 0.636. The summed E-state index contributed by atoms with van der Waals surface area (Å²) in [6.07, 6.45) is 3.85. The average molecular weight is 997 g/mol. The first kappa shape index (κ1) is 44.9. The van der Waals surface area contributed by atoms with Crippen LogP contribution in [0.5, 0.6) is 0 Å². The molecule has 0 saturated carbocycles. The van der Waals surface area contributed by atoms with E-state index in [0.29, 0.717) is 11.8 Å². The van der Waals surface area contributed by atoms with E-state index in [4.69, 9.17) is 13.8 Å². The Kier molecular flexibility index (Phi) is 10.7. The Morgan fingerprint density at radius 3 is 1.04 bits per heavy atom. The second-order valence-corrected chi connectivity index (χ2v) is 19.6. The highest BCUT2D eigenvalue weighted by Crippen LogP contribution is 2.46. The van der Waals surface area contributed by atoms with Gasteiger partial charge in [-0.2, -0.15) is 0 Å². The third-order valence-corrected chi connectivity index (χ3v) is 15.1. The number of hydrogen-bond acceptors (Lipinski definition) is 6. The molecular formula is C72H44N4O2. The van der Waals surface area contributed by atoms with Gasteiger partial charge in [-0.3, -0.25) is 9.97 Å². The Morgan fingerprint density at radius 2 is 0.577 bits per heavy atom. The molecule has 0 N–H and O–H groups in total. The molecule has 0 aliphatic heterocycles. The van der Waals surface area contributed by atoms with Crippen molar-refractivity contribution in [2.45, 2.75) is 0 Å². The molecule has 6 nitrogen and oxygen atoms in total. The van der Waals surface area contributed by atoms with E-state index in [1.807, 2.05) is 73.1 Å². The first-order chi connectivity index (χ1) is 38.7. The molecule has 0 aliphatic rings. The Morgan fingerprint density at radius 1 is 0.244 bits per heavy atom. The second kappa shape index (κ2) is 18.7. The summed E-state index contributed by atoms with van der Waals surface area (Å²) >= 11 is 0. The zero-order valence-electron chi connectivity index (χ0n) is 42.0. The van der Waals surface area contributed by atoms with Gasteiger partial charge in [0.1, 0.15) is 11.0 Å². The largest absolute Gasteiger partial charge is 0.436 e. The molecule has 78 heavy (non-hydrogen) atoms. The molecular weight excluding hydrogens is 953 g/mol. The van der Waals surface area contributed by atoms with Crippen molar-refractivity contribution in [3.05, 3.63) is 267 Å². The predicted molar refractivity (Wildman–Crippen MR) is 321 cm³/mol. The fraction of sp³-hybridized carbons (Fsp3) is 0. The zero-order chi connectivity index (χ0) is 51.5. The first-order valence-electron chi connectivity index (χ1n) is 26.2. The molecule has 0 atom stereocenters. The predicted octanol–water partition coefficient (Wildman–Crippen LogP) is 19.4. The number of nitrogens with zero attached hydrogens (tertiary/aromatic N) is 4. The molecule has 12 aromatic carbocycles. The second-order valence-electron chi connectivity index (χ2n) is 19.6. The molecule has 0 unspecified atom stereocenters. The first-order valence-corrected chi connectivity index (χ1v) is 26.2. The number of pyridine rings is 2. The van der Waals surface area contributed by atoms with E-state index in [-0.39, 0.29) is 0 Å². The van der Waals surface area contributed by atoms with E-state index in [0.717, 1.165) is 71.8 Å². The lowest BCUT2D eigenvalue weighted by atomic mass is 9.85. The minimum Gasteiger partial charge on any atom is -0.436 e. The SMILES string of the molecule is c1ccc2ncc(-c3c4ccccc4c(-c4ccc(-c5nc6ccccc6o5)cc4)c4ccccc34)cc2c1.c1cnc2ccc(-c3c4ccccc4c(-c4ccc(-c5nc6ccccc6o5)cc4)c4ccccc34)cc2c1. The summed E-state index contributed by atoms with van der Waals surface area (Å²) in [5.74, 6) is 1.27. The summed E-state index contributed by atoms with van der Waals surface area (Å²) in [6, 6.07) is 88.9. The minimum absolute atomic E-state index is 0.636. The van der Waals surface area contributed by atoms with Gasteiger partial charge in [-0.25, -0.2) is 9.97 Å². The molecule has 4 heterocycles. The molecule has 0 saturated heterocycles. The van der Waals surface area contributed by atoms with E-state index in [2.05, 4.69) is 209 Å². The highest BCUT2D eigenvalue weighted by molar-refractivity contribution is 6.23. The van der Waals surface area contributed by atoms with Crippen LogP contribution in [0.3, 0.4) is 0 Å². The van der Waals surface area contributed by atoms with Crippen LogP contribution in [0.2, 0.25) is 0 Å². The number of rotatable bonds is 6. The number of aromatic nitrogens is 4. The van der Waals surface area contributed by atoms with Gasteiger partial charge >= 0.3 is 0 Å². The third kappa shape index (κ3) is 7.73. The standard InChI is InChI=1S/2C36H22N2O/c1-6-14-31-25(9-1)21-26(22-37-31)35-29-12-4-2-10-27(29)34(28-11-3-5-13-30(28)35)23-17-19-24(20-18-23)36-38-32-15-7-8-16-33(32)39-36;1-3-11-29-27(9-1)34(23-15-17-24(18-16-23)36-38-32-13-5-6-14-33(32)39-36)28-10-2-4-12-30(28)35(29)26-19-20-31-25(22-26)8-7-21-37-31/h2*1-22H. The van der Waals surface area contributed by atoms with Gasteiger partial charge in [-0.15, -0.1) is 0 Å². The van der Waals surface area contributed by atoms with Crippen molar-refractivity contribution in [3.8, 4) is 67.4 Å².